The minimum absolute atomic E-state index is 0.0283. The van der Waals surface area contributed by atoms with E-state index >= 15 is 0 Å². The molecule has 8 nitrogen and oxygen atoms in total. The van der Waals surface area contributed by atoms with Crippen molar-refractivity contribution in [1.82, 2.24) is 19.9 Å². The molecule has 2 amide bonds. The van der Waals surface area contributed by atoms with Gasteiger partial charge in [-0.25, -0.2) is 4.98 Å². The van der Waals surface area contributed by atoms with E-state index in [1.807, 2.05) is 30.6 Å². The summed E-state index contributed by atoms with van der Waals surface area (Å²) in [5.41, 5.74) is 3.30. The Balaban J connectivity index is 1.48. The van der Waals surface area contributed by atoms with E-state index < -0.39 is 5.41 Å². The molecule has 2 aromatic rings. The van der Waals surface area contributed by atoms with Gasteiger partial charge in [-0.2, -0.15) is 0 Å². The van der Waals surface area contributed by atoms with Crippen LogP contribution < -0.4 is 0 Å². The number of rotatable bonds is 3. The molecule has 2 atom stereocenters. The first-order valence-electron chi connectivity index (χ1n) is 10.8. The number of likely N-dealkylation sites (tertiary alicyclic amines) is 2. The zero-order chi connectivity index (χ0) is 21.2. The second-order valence-corrected chi connectivity index (χ2v) is 9.49. The lowest BCUT2D eigenvalue weighted by Gasteiger charge is -2.28. The Hall–Kier alpha value is -2.48. The molecule has 0 saturated carbocycles. The van der Waals surface area contributed by atoms with Crippen LogP contribution in [0, 0.1) is 24.2 Å². The van der Waals surface area contributed by atoms with E-state index in [0.717, 1.165) is 30.5 Å². The molecule has 2 aromatic heterocycles. The maximum atomic E-state index is 13.8. The number of hydrogen-bond acceptors (Lipinski definition) is 6. The van der Waals surface area contributed by atoms with Crippen molar-refractivity contribution in [3.63, 3.8) is 0 Å². The van der Waals surface area contributed by atoms with Gasteiger partial charge in [0.05, 0.1) is 23.3 Å². The van der Waals surface area contributed by atoms with Gasteiger partial charge in [0.1, 0.15) is 0 Å². The van der Waals surface area contributed by atoms with Gasteiger partial charge in [-0.1, -0.05) is 19.0 Å². The second-order valence-electron chi connectivity index (χ2n) is 9.49. The maximum Gasteiger partial charge on any atom is 0.259 e. The number of amides is 2. The van der Waals surface area contributed by atoms with Gasteiger partial charge in [0.2, 0.25) is 5.91 Å². The van der Waals surface area contributed by atoms with E-state index in [4.69, 9.17) is 4.52 Å². The Labute approximate surface area is 175 Å². The predicted octanol–water partition coefficient (Wildman–Crippen LogP) is 1.57. The van der Waals surface area contributed by atoms with E-state index in [0.29, 0.717) is 48.5 Å². The Bertz CT molecular complexity index is 1050. The molecule has 0 aromatic carbocycles. The van der Waals surface area contributed by atoms with Crippen LogP contribution in [0.2, 0.25) is 0 Å². The van der Waals surface area contributed by atoms with Crippen LogP contribution in [-0.4, -0.2) is 69.6 Å². The number of pyridine rings is 1. The van der Waals surface area contributed by atoms with Crippen LogP contribution in [0.1, 0.15) is 47.6 Å². The van der Waals surface area contributed by atoms with E-state index in [1.165, 1.54) is 0 Å². The minimum Gasteiger partial charge on any atom is -0.396 e. The van der Waals surface area contributed by atoms with E-state index in [-0.39, 0.29) is 30.3 Å². The summed E-state index contributed by atoms with van der Waals surface area (Å²) in [6, 6.07) is 0. The Morgan fingerprint density at radius 1 is 1.23 bits per heavy atom. The fourth-order valence-electron chi connectivity index (χ4n) is 5.60. The van der Waals surface area contributed by atoms with Gasteiger partial charge in [-0.3, -0.25) is 9.59 Å². The number of hydrogen-bond donors (Lipinski definition) is 1. The smallest absolute Gasteiger partial charge is 0.259 e. The minimum atomic E-state index is -0.445. The fourth-order valence-corrected chi connectivity index (χ4v) is 5.60. The second kappa shape index (κ2) is 6.77. The summed E-state index contributed by atoms with van der Waals surface area (Å²) in [6.45, 7) is 7.71. The number of fused-ring (bicyclic) bond motifs is 3. The zero-order valence-corrected chi connectivity index (χ0v) is 17.8. The molecule has 1 aliphatic carbocycles. The number of nitrogens with zero attached hydrogens (tertiary/aromatic N) is 4. The molecule has 3 aliphatic rings. The van der Waals surface area contributed by atoms with Crippen molar-refractivity contribution in [2.45, 2.75) is 40.0 Å². The van der Waals surface area contributed by atoms with Crippen LogP contribution in [0.25, 0.3) is 11.1 Å². The molecule has 8 heteroatoms. The van der Waals surface area contributed by atoms with Crippen LogP contribution in [0.3, 0.4) is 0 Å². The zero-order valence-electron chi connectivity index (χ0n) is 17.8. The lowest BCUT2D eigenvalue weighted by atomic mass is 9.82. The highest BCUT2D eigenvalue weighted by Crippen LogP contribution is 2.44. The molecule has 0 bridgehead atoms. The van der Waals surface area contributed by atoms with Crippen LogP contribution in [0.4, 0.5) is 0 Å². The third kappa shape index (κ3) is 2.69. The summed E-state index contributed by atoms with van der Waals surface area (Å²) in [5.74, 6) is 0.101. The van der Waals surface area contributed by atoms with Gasteiger partial charge in [0.25, 0.3) is 11.6 Å². The first-order chi connectivity index (χ1) is 14.3. The summed E-state index contributed by atoms with van der Waals surface area (Å²) in [7, 11) is 0. The molecule has 5 rings (SSSR count). The van der Waals surface area contributed by atoms with E-state index in [1.54, 1.807) is 0 Å². The van der Waals surface area contributed by atoms with Gasteiger partial charge in [-0.05, 0) is 31.7 Å². The van der Waals surface area contributed by atoms with Crippen molar-refractivity contribution in [2.75, 3.05) is 32.8 Å². The SMILES string of the molecule is Cc1noc2nc3c(c(C(=O)N4C[C@H]5CN(C(=O)C(C)C)C[C@@]5(CO)C4)c12)CCC3. The van der Waals surface area contributed by atoms with Gasteiger partial charge < -0.3 is 19.4 Å². The summed E-state index contributed by atoms with van der Waals surface area (Å²) in [5, 5.41) is 15.0. The highest BCUT2D eigenvalue weighted by Gasteiger charge is 2.54. The lowest BCUT2D eigenvalue weighted by Crippen LogP contribution is -2.41. The average Bonchev–Trinajstić information content (AvgIpc) is 3.47. The number of aliphatic hydroxyl groups excluding tert-OH is 1. The van der Waals surface area contributed by atoms with Crippen molar-refractivity contribution in [2.24, 2.45) is 17.3 Å². The molecule has 0 unspecified atom stereocenters. The first-order valence-corrected chi connectivity index (χ1v) is 10.8. The standard InChI is InChI=1S/C22H28N4O4/c1-12(2)20(28)25-7-14-8-26(10-22(14,9-25)11-27)21(29)18-15-5-4-6-16(15)23-19-17(18)13(3)24-30-19/h12,14,27H,4-11H2,1-3H3/t14-,22+/m1/s1. The van der Waals surface area contributed by atoms with Gasteiger partial charge in [0, 0.05) is 49.1 Å². The first kappa shape index (κ1) is 19.5. The molecule has 30 heavy (non-hydrogen) atoms. The van der Waals surface area contributed by atoms with E-state index in [9.17, 15) is 14.7 Å². The van der Waals surface area contributed by atoms with Gasteiger partial charge in [0.15, 0.2) is 0 Å². The topological polar surface area (TPSA) is 99.8 Å². The Kier molecular flexibility index (Phi) is 4.39. The largest absolute Gasteiger partial charge is 0.396 e. The summed E-state index contributed by atoms with van der Waals surface area (Å²) < 4.78 is 5.39. The molecule has 0 radical (unpaired) electrons. The molecule has 0 spiro atoms. The molecular formula is C22H28N4O4. The third-order valence-corrected chi connectivity index (χ3v) is 7.20. The van der Waals surface area contributed by atoms with Gasteiger partial charge in [-0.15, -0.1) is 0 Å². The number of carbonyl (C=O) groups excluding carboxylic acids is 2. The Morgan fingerprint density at radius 3 is 2.67 bits per heavy atom. The highest BCUT2D eigenvalue weighted by atomic mass is 16.5. The number of carbonyl (C=O) groups is 2. The molecule has 1 N–H and O–H groups in total. The van der Waals surface area contributed by atoms with Crippen LogP contribution >= 0.6 is 0 Å². The summed E-state index contributed by atoms with van der Waals surface area (Å²) >= 11 is 0. The quantitative estimate of drug-likeness (QED) is 0.821. The Morgan fingerprint density at radius 2 is 1.97 bits per heavy atom. The van der Waals surface area contributed by atoms with E-state index in [2.05, 4.69) is 10.1 Å². The number of aromatic nitrogens is 2. The normalized spacial score (nSPS) is 25.4. The van der Waals surface area contributed by atoms with Crippen molar-refractivity contribution in [3.05, 3.63) is 22.5 Å². The average molecular weight is 412 g/mol. The summed E-state index contributed by atoms with van der Waals surface area (Å²) in [6.07, 6.45) is 2.67. The number of aryl methyl sites for hydroxylation is 2. The summed E-state index contributed by atoms with van der Waals surface area (Å²) in [4.78, 5) is 34.6. The number of aliphatic hydroxyl groups is 1. The van der Waals surface area contributed by atoms with Crippen LogP contribution in [0.5, 0.6) is 0 Å². The van der Waals surface area contributed by atoms with Crippen molar-refractivity contribution in [3.8, 4) is 0 Å². The van der Waals surface area contributed by atoms with Gasteiger partial charge >= 0.3 is 0 Å². The molecule has 2 saturated heterocycles. The van der Waals surface area contributed by atoms with Crippen molar-refractivity contribution >= 4 is 22.9 Å². The molecule has 4 heterocycles. The predicted molar refractivity (Wildman–Crippen MR) is 109 cm³/mol. The van der Waals surface area contributed by atoms with Crippen molar-refractivity contribution in [1.29, 1.82) is 0 Å². The molecular weight excluding hydrogens is 384 g/mol. The molecule has 2 aliphatic heterocycles. The lowest BCUT2D eigenvalue weighted by molar-refractivity contribution is -0.134. The van der Waals surface area contributed by atoms with Crippen molar-refractivity contribution < 1.29 is 19.2 Å². The fraction of sp³-hybridized carbons (Fsp3) is 0.636. The molecule has 160 valence electrons. The molecule has 2 fully saturated rings. The third-order valence-electron chi connectivity index (χ3n) is 7.20. The monoisotopic (exact) mass is 412 g/mol. The highest BCUT2D eigenvalue weighted by molar-refractivity contribution is 6.07. The maximum absolute atomic E-state index is 13.8. The van der Waals surface area contributed by atoms with Crippen LogP contribution in [-0.2, 0) is 17.6 Å². The van der Waals surface area contributed by atoms with Crippen LogP contribution in [0.15, 0.2) is 4.52 Å².